The average molecular weight is 563 g/mol. The van der Waals surface area contributed by atoms with Crippen LogP contribution < -0.4 is 14.2 Å². The number of para-hydroxylation sites is 1. The zero-order valence-electron chi connectivity index (χ0n) is 23.9. The van der Waals surface area contributed by atoms with Crippen molar-refractivity contribution in [1.82, 2.24) is 20.0 Å². The number of fused-ring (bicyclic) bond motifs is 4. The lowest BCUT2D eigenvalue weighted by atomic mass is 9.70. The van der Waals surface area contributed by atoms with Crippen LogP contribution in [0.4, 0.5) is 0 Å². The summed E-state index contributed by atoms with van der Waals surface area (Å²) in [6.45, 7) is 5.63. The van der Waals surface area contributed by atoms with E-state index in [1.807, 2.05) is 85.3 Å². The minimum absolute atomic E-state index is 0.0111. The van der Waals surface area contributed by atoms with Crippen molar-refractivity contribution >= 4 is 6.08 Å². The largest absolute Gasteiger partial charge is 0.507 e. The van der Waals surface area contributed by atoms with Gasteiger partial charge in [0, 0.05) is 22.8 Å². The third kappa shape index (κ3) is 3.46. The lowest BCUT2D eigenvalue weighted by Crippen LogP contribution is -2.34. The second-order valence-electron chi connectivity index (χ2n) is 10.8. The van der Waals surface area contributed by atoms with Crippen molar-refractivity contribution in [3.63, 3.8) is 0 Å². The average Bonchev–Trinajstić information content (AvgIpc) is 3.70. The van der Waals surface area contributed by atoms with Crippen LogP contribution in [0.5, 0.6) is 23.0 Å². The molecule has 2 atom stereocenters. The lowest BCUT2D eigenvalue weighted by molar-refractivity contribution is 0.0966. The maximum atomic E-state index is 12.1. The minimum Gasteiger partial charge on any atom is -0.507 e. The number of aryl methyl sites for hydroxylation is 1. The fourth-order valence-electron chi connectivity index (χ4n) is 6.26. The SMILES string of the molecule is COc1ccc(-c2cc(-c3c(O)c(C)c(OC)c4c3OC3=Cc5c(c(C)nn5-c5ccccc5)[C@@H](O)[C@@]34C)[nH]n2)cc1. The van der Waals surface area contributed by atoms with Crippen molar-refractivity contribution in [3.8, 4) is 51.2 Å². The first kappa shape index (κ1) is 25.9. The summed E-state index contributed by atoms with van der Waals surface area (Å²) in [6.07, 6.45) is 0.939. The molecule has 1 aliphatic carbocycles. The van der Waals surface area contributed by atoms with Crippen molar-refractivity contribution in [3.05, 3.63) is 94.5 Å². The second-order valence-corrected chi connectivity index (χ2v) is 10.8. The van der Waals surface area contributed by atoms with E-state index in [2.05, 4.69) is 10.2 Å². The van der Waals surface area contributed by atoms with E-state index in [1.165, 1.54) is 0 Å². The summed E-state index contributed by atoms with van der Waals surface area (Å²) in [5.41, 5.74) is 5.85. The Bertz CT molecular complexity index is 1890. The summed E-state index contributed by atoms with van der Waals surface area (Å²) < 4.78 is 19.6. The Balaban J connectivity index is 1.42. The zero-order chi connectivity index (χ0) is 29.3. The highest BCUT2D eigenvalue weighted by atomic mass is 16.5. The summed E-state index contributed by atoms with van der Waals surface area (Å²) in [4.78, 5) is 0. The smallest absolute Gasteiger partial charge is 0.148 e. The van der Waals surface area contributed by atoms with Gasteiger partial charge in [-0.05, 0) is 63.2 Å². The number of ether oxygens (including phenoxy) is 3. The van der Waals surface area contributed by atoms with Gasteiger partial charge in [-0.15, -0.1) is 0 Å². The Morgan fingerprint density at radius 3 is 2.45 bits per heavy atom. The highest BCUT2D eigenvalue weighted by Gasteiger charge is 2.55. The van der Waals surface area contributed by atoms with Gasteiger partial charge in [0.05, 0.1) is 65.3 Å². The predicted molar refractivity (Wildman–Crippen MR) is 158 cm³/mol. The van der Waals surface area contributed by atoms with Crippen LogP contribution in [0.15, 0.2) is 66.4 Å². The van der Waals surface area contributed by atoms with Crippen molar-refractivity contribution in [1.29, 1.82) is 0 Å². The van der Waals surface area contributed by atoms with Crippen LogP contribution in [-0.4, -0.2) is 44.4 Å². The topological polar surface area (TPSA) is 115 Å². The molecule has 7 rings (SSSR count). The predicted octanol–water partition coefficient (Wildman–Crippen LogP) is 6.01. The van der Waals surface area contributed by atoms with E-state index in [4.69, 9.17) is 19.3 Å². The molecule has 3 aromatic carbocycles. The Hall–Kier alpha value is -5.02. The number of H-pyrrole nitrogens is 1. The first-order valence-electron chi connectivity index (χ1n) is 13.6. The number of aliphatic hydroxyl groups is 1. The third-order valence-corrected chi connectivity index (χ3v) is 8.53. The first-order chi connectivity index (χ1) is 20.3. The molecule has 0 bridgehead atoms. The number of nitrogens with one attached hydrogen (secondary N) is 1. The van der Waals surface area contributed by atoms with Gasteiger partial charge in [0.2, 0.25) is 0 Å². The Kier molecular flexibility index (Phi) is 5.71. The highest BCUT2D eigenvalue weighted by molar-refractivity contribution is 5.86. The van der Waals surface area contributed by atoms with Crippen LogP contribution in [0.1, 0.15) is 41.1 Å². The quantitative estimate of drug-likeness (QED) is 0.240. The molecule has 9 heteroatoms. The number of benzene rings is 3. The first-order valence-corrected chi connectivity index (χ1v) is 13.6. The van der Waals surface area contributed by atoms with E-state index in [9.17, 15) is 10.2 Å². The van der Waals surface area contributed by atoms with Crippen LogP contribution in [0.2, 0.25) is 0 Å². The van der Waals surface area contributed by atoms with Gasteiger partial charge in [-0.1, -0.05) is 18.2 Å². The molecule has 0 amide bonds. The van der Waals surface area contributed by atoms with Crippen LogP contribution in [-0.2, 0) is 5.41 Å². The Labute approximate surface area is 242 Å². The summed E-state index contributed by atoms with van der Waals surface area (Å²) in [5.74, 6) is 2.17. The molecule has 0 saturated heterocycles. The lowest BCUT2D eigenvalue weighted by Gasteiger charge is -2.35. The maximum absolute atomic E-state index is 12.1. The molecule has 0 fully saturated rings. The number of rotatable bonds is 5. The number of methoxy groups -OCH3 is 2. The molecule has 0 radical (unpaired) electrons. The third-order valence-electron chi connectivity index (χ3n) is 8.53. The molecule has 0 saturated carbocycles. The van der Waals surface area contributed by atoms with E-state index < -0.39 is 11.5 Å². The minimum atomic E-state index is -1.00. The summed E-state index contributed by atoms with van der Waals surface area (Å²) >= 11 is 0. The van der Waals surface area contributed by atoms with Crippen molar-refractivity contribution in [2.45, 2.75) is 32.3 Å². The molecule has 3 heterocycles. The van der Waals surface area contributed by atoms with Gasteiger partial charge in [0.1, 0.15) is 28.8 Å². The molecular weight excluding hydrogens is 532 g/mol. The van der Waals surface area contributed by atoms with Crippen LogP contribution in [0.25, 0.3) is 34.3 Å². The molecule has 1 aliphatic heterocycles. The van der Waals surface area contributed by atoms with Crippen molar-refractivity contribution in [2.24, 2.45) is 0 Å². The van der Waals surface area contributed by atoms with Gasteiger partial charge in [-0.25, -0.2) is 4.68 Å². The molecular formula is C33H30N4O5. The Morgan fingerprint density at radius 2 is 1.76 bits per heavy atom. The molecule has 0 unspecified atom stereocenters. The number of aromatic nitrogens is 4. The van der Waals surface area contributed by atoms with E-state index >= 15 is 0 Å². The van der Waals surface area contributed by atoms with Crippen LogP contribution in [0.3, 0.4) is 0 Å². The number of aromatic amines is 1. The monoisotopic (exact) mass is 562 g/mol. The number of phenols is 1. The summed E-state index contributed by atoms with van der Waals surface area (Å²) in [6, 6.07) is 19.2. The van der Waals surface area contributed by atoms with Crippen LogP contribution in [0, 0.1) is 13.8 Å². The molecule has 0 spiro atoms. The molecule has 3 N–H and O–H groups in total. The van der Waals surface area contributed by atoms with E-state index in [0.717, 1.165) is 34.0 Å². The van der Waals surface area contributed by atoms with Gasteiger partial charge in [-0.3, -0.25) is 5.10 Å². The van der Waals surface area contributed by atoms with Gasteiger partial charge < -0.3 is 24.4 Å². The molecule has 2 aliphatic rings. The van der Waals surface area contributed by atoms with Crippen molar-refractivity contribution < 1.29 is 24.4 Å². The van der Waals surface area contributed by atoms with E-state index in [-0.39, 0.29) is 5.75 Å². The number of aromatic hydroxyl groups is 1. The summed E-state index contributed by atoms with van der Waals surface area (Å²) in [5, 5.41) is 36.0. The fraction of sp³-hybridized carbons (Fsp3) is 0.212. The van der Waals surface area contributed by atoms with E-state index in [1.54, 1.807) is 21.1 Å². The number of hydrogen-bond acceptors (Lipinski definition) is 7. The highest BCUT2D eigenvalue weighted by Crippen LogP contribution is 2.63. The number of hydrogen-bond donors (Lipinski definition) is 3. The zero-order valence-corrected chi connectivity index (χ0v) is 23.9. The molecule has 212 valence electrons. The van der Waals surface area contributed by atoms with Gasteiger partial charge >= 0.3 is 0 Å². The molecule has 2 aromatic heterocycles. The second kappa shape index (κ2) is 9.25. The van der Waals surface area contributed by atoms with Gasteiger partial charge in [0.15, 0.2) is 0 Å². The molecule has 42 heavy (non-hydrogen) atoms. The van der Waals surface area contributed by atoms with Crippen LogP contribution >= 0.6 is 0 Å². The normalized spacial score (nSPS) is 18.5. The molecule has 9 nitrogen and oxygen atoms in total. The number of aliphatic hydroxyl groups excluding tert-OH is 1. The van der Waals surface area contributed by atoms with Gasteiger partial charge in [0.25, 0.3) is 0 Å². The fourth-order valence-corrected chi connectivity index (χ4v) is 6.26. The van der Waals surface area contributed by atoms with Gasteiger partial charge in [-0.2, -0.15) is 10.2 Å². The van der Waals surface area contributed by atoms with Crippen molar-refractivity contribution in [2.75, 3.05) is 14.2 Å². The van der Waals surface area contributed by atoms with E-state index in [0.29, 0.717) is 45.3 Å². The number of phenolic OH excluding ortho intramolecular Hbond substituents is 1. The summed E-state index contributed by atoms with van der Waals surface area (Å²) in [7, 11) is 3.18. The molecule has 5 aromatic rings. The number of nitrogens with zero attached hydrogens (tertiary/aromatic N) is 3. The Morgan fingerprint density at radius 1 is 1.02 bits per heavy atom. The standard InChI is InChI=1S/C33H30N4O5/c1-17-29(38)27(23-15-22(34-35-23)19-11-13-21(40-4)14-12-19)31-28(30(17)41-5)33(3)25(42-31)16-24-26(32(33)39)18(2)36-37(24)20-9-7-6-8-10-20/h6-16,32,38-39H,1-5H3,(H,34,35)/t32-,33+/m1/s1. The maximum Gasteiger partial charge on any atom is 0.148 e.